The first kappa shape index (κ1) is 17.3. The molecule has 6 nitrogen and oxygen atoms in total. The number of methoxy groups -OCH3 is 1. The second-order valence-electron chi connectivity index (χ2n) is 4.50. The number of carbonyl (C=O) groups is 2. The number of benzene rings is 1. The molecule has 0 spiro atoms. The second-order valence-corrected chi connectivity index (χ2v) is 5.42. The van der Waals surface area contributed by atoms with Crippen molar-refractivity contribution in [3.05, 3.63) is 22.7 Å². The first-order valence-electron chi connectivity index (χ1n) is 6.59. The minimum atomic E-state index is -0.905. The summed E-state index contributed by atoms with van der Waals surface area (Å²) in [4.78, 5) is 22.8. The number of aliphatic carboxylic acids is 1. The van der Waals surface area contributed by atoms with Crippen LogP contribution in [0.15, 0.2) is 22.7 Å². The van der Waals surface area contributed by atoms with E-state index >= 15 is 0 Å². The van der Waals surface area contributed by atoms with Crippen LogP contribution in [0.4, 0.5) is 10.5 Å². The highest BCUT2D eigenvalue weighted by Crippen LogP contribution is 2.27. The van der Waals surface area contributed by atoms with Crippen molar-refractivity contribution >= 4 is 33.6 Å². The number of rotatable bonds is 7. The number of hydrogen-bond donors (Lipinski definition) is 3. The molecule has 0 heterocycles. The monoisotopic (exact) mass is 358 g/mol. The van der Waals surface area contributed by atoms with E-state index in [2.05, 4.69) is 26.6 Å². The van der Waals surface area contributed by atoms with Crippen LogP contribution in [0.3, 0.4) is 0 Å². The van der Waals surface area contributed by atoms with Gasteiger partial charge in [0, 0.05) is 11.0 Å². The maximum absolute atomic E-state index is 11.8. The molecule has 1 atom stereocenters. The van der Waals surface area contributed by atoms with E-state index in [1.165, 1.54) is 7.11 Å². The number of ether oxygens (including phenoxy) is 1. The average Bonchev–Trinajstić information content (AvgIpc) is 2.43. The summed E-state index contributed by atoms with van der Waals surface area (Å²) in [6.07, 6.45) is 1.27. The Morgan fingerprint density at radius 3 is 2.71 bits per heavy atom. The van der Waals surface area contributed by atoms with Gasteiger partial charge in [0.2, 0.25) is 0 Å². The molecular weight excluding hydrogens is 340 g/mol. The Hall–Kier alpha value is -1.76. The van der Waals surface area contributed by atoms with E-state index < -0.39 is 17.9 Å². The molecule has 3 N–H and O–H groups in total. The fourth-order valence-electron chi connectivity index (χ4n) is 1.82. The molecular formula is C14H19BrN2O4. The summed E-state index contributed by atoms with van der Waals surface area (Å²) in [5.41, 5.74) is 0.506. The van der Waals surface area contributed by atoms with Gasteiger partial charge >= 0.3 is 12.0 Å². The third-order valence-corrected chi connectivity index (χ3v) is 3.40. The van der Waals surface area contributed by atoms with E-state index in [-0.39, 0.29) is 6.54 Å². The van der Waals surface area contributed by atoms with Crippen LogP contribution in [0, 0.1) is 5.92 Å². The van der Waals surface area contributed by atoms with Crippen molar-refractivity contribution in [3.63, 3.8) is 0 Å². The van der Waals surface area contributed by atoms with Crippen LogP contribution in [-0.2, 0) is 4.79 Å². The SMILES string of the molecule is CCCC(CNC(=O)Nc1cc(Br)ccc1OC)C(=O)O. The van der Waals surface area contributed by atoms with Crippen LogP contribution in [-0.4, -0.2) is 30.8 Å². The quantitative estimate of drug-likeness (QED) is 0.698. The van der Waals surface area contributed by atoms with Crippen molar-refractivity contribution in [1.29, 1.82) is 0 Å². The van der Waals surface area contributed by atoms with Crippen molar-refractivity contribution in [2.45, 2.75) is 19.8 Å². The van der Waals surface area contributed by atoms with Crippen LogP contribution in [0.1, 0.15) is 19.8 Å². The molecule has 21 heavy (non-hydrogen) atoms. The number of urea groups is 1. The lowest BCUT2D eigenvalue weighted by atomic mass is 10.0. The summed E-state index contributed by atoms with van der Waals surface area (Å²) in [5, 5.41) is 14.2. The second kappa shape index (κ2) is 8.51. The smallest absolute Gasteiger partial charge is 0.319 e. The number of nitrogens with one attached hydrogen (secondary N) is 2. The molecule has 0 aliphatic heterocycles. The van der Waals surface area contributed by atoms with Gasteiger partial charge in [-0.25, -0.2) is 4.79 Å². The van der Waals surface area contributed by atoms with Gasteiger partial charge in [0.15, 0.2) is 0 Å². The van der Waals surface area contributed by atoms with E-state index in [0.29, 0.717) is 17.9 Å². The Balaban J connectivity index is 2.61. The van der Waals surface area contributed by atoms with E-state index in [1.807, 2.05) is 6.92 Å². The van der Waals surface area contributed by atoms with E-state index in [4.69, 9.17) is 9.84 Å². The van der Waals surface area contributed by atoms with Crippen LogP contribution < -0.4 is 15.4 Å². The number of carboxylic acids is 1. The van der Waals surface area contributed by atoms with Crippen LogP contribution in [0.25, 0.3) is 0 Å². The Labute approximate surface area is 132 Å². The van der Waals surface area contributed by atoms with Crippen molar-refractivity contribution < 1.29 is 19.4 Å². The molecule has 1 rings (SSSR count). The van der Waals surface area contributed by atoms with Gasteiger partial charge in [-0.1, -0.05) is 29.3 Å². The predicted octanol–water partition coefficient (Wildman–Crippen LogP) is 3.08. The summed E-state index contributed by atoms with van der Waals surface area (Å²) < 4.78 is 5.95. The number of carboxylic acid groups (broad SMARTS) is 1. The molecule has 116 valence electrons. The predicted molar refractivity (Wildman–Crippen MR) is 83.7 cm³/mol. The lowest BCUT2D eigenvalue weighted by molar-refractivity contribution is -0.141. The molecule has 0 aliphatic carbocycles. The third-order valence-electron chi connectivity index (χ3n) is 2.91. The van der Waals surface area contributed by atoms with Crippen LogP contribution in [0.5, 0.6) is 5.75 Å². The molecule has 1 aromatic carbocycles. The van der Waals surface area contributed by atoms with Crippen LogP contribution in [0.2, 0.25) is 0 Å². The first-order chi connectivity index (χ1) is 9.97. The van der Waals surface area contributed by atoms with Crippen molar-refractivity contribution in [2.24, 2.45) is 5.92 Å². The molecule has 1 aromatic rings. The minimum absolute atomic E-state index is 0.0886. The van der Waals surface area contributed by atoms with Gasteiger partial charge in [-0.05, 0) is 24.6 Å². The largest absolute Gasteiger partial charge is 0.495 e. The molecule has 0 radical (unpaired) electrons. The van der Waals surface area contributed by atoms with Gasteiger partial charge in [0.25, 0.3) is 0 Å². The number of carbonyl (C=O) groups excluding carboxylic acids is 1. The van der Waals surface area contributed by atoms with Gasteiger partial charge in [-0.15, -0.1) is 0 Å². The lowest BCUT2D eigenvalue weighted by Crippen LogP contribution is -2.35. The Kier molecular flexibility index (Phi) is 7.01. The maximum atomic E-state index is 11.8. The van der Waals surface area contributed by atoms with E-state index in [9.17, 15) is 9.59 Å². The third kappa shape index (κ3) is 5.63. The van der Waals surface area contributed by atoms with Gasteiger partial charge in [-0.2, -0.15) is 0 Å². The van der Waals surface area contributed by atoms with Gasteiger partial charge in [-0.3, -0.25) is 4.79 Å². The fraction of sp³-hybridized carbons (Fsp3) is 0.429. The molecule has 1 unspecified atom stereocenters. The summed E-state index contributed by atoms with van der Waals surface area (Å²) in [6, 6.07) is 4.76. The van der Waals surface area contributed by atoms with Crippen molar-refractivity contribution in [3.8, 4) is 5.75 Å². The molecule has 2 amide bonds. The van der Waals surface area contributed by atoms with E-state index in [0.717, 1.165) is 10.9 Å². The minimum Gasteiger partial charge on any atom is -0.495 e. The number of hydrogen-bond acceptors (Lipinski definition) is 3. The van der Waals surface area contributed by atoms with Crippen LogP contribution >= 0.6 is 15.9 Å². The Morgan fingerprint density at radius 2 is 2.14 bits per heavy atom. The normalized spacial score (nSPS) is 11.6. The van der Waals surface area contributed by atoms with Gasteiger partial charge in [0.1, 0.15) is 5.75 Å². The fourth-order valence-corrected chi connectivity index (χ4v) is 2.18. The highest BCUT2D eigenvalue weighted by Gasteiger charge is 2.17. The maximum Gasteiger partial charge on any atom is 0.319 e. The number of amides is 2. The molecule has 7 heteroatoms. The Morgan fingerprint density at radius 1 is 1.43 bits per heavy atom. The molecule has 0 aliphatic rings. The standard InChI is InChI=1S/C14H19BrN2O4/c1-3-4-9(13(18)19)8-16-14(20)17-11-7-10(15)5-6-12(11)21-2/h5-7,9H,3-4,8H2,1-2H3,(H,18,19)(H2,16,17,20). The summed E-state index contributed by atoms with van der Waals surface area (Å²) in [7, 11) is 1.51. The zero-order valence-corrected chi connectivity index (χ0v) is 13.6. The van der Waals surface area contributed by atoms with Crippen molar-refractivity contribution in [2.75, 3.05) is 19.0 Å². The summed E-state index contributed by atoms with van der Waals surface area (Å²) in [6.45, 7) is 1.99. The zero-order valence-electron chi connectivity index (χ0n) is 12.0. The molecule has 0 saturated carbocycles. The highest BCUT2D eigenvalue weighted by molar-refractivity contribution is 9.10. The number of anilines is 1. The van der Waals surface area contributed by atoms with Gasteiger partial charge in [0.05, 0.1) is 18.7 Å². The highest BCUT2D eigenvalue weighted by atomic mass is 79.9. The lowest BCUT2D eigenvalue weighted by Gasteiger charge is -2.14. The molecule has 0 fully saturated rings. The molecule has 0 aromatic heterocycles. The zero-order chi connectivity index (χ0) is 15.8. The first-order valence-corrected chi connectivity index (χ1v) is 7.38. The van der Waals surface area contributed by atoms with E-state index in [1.54, 1.807) is 18.2 Å². The summed E-state index contributed by atoms with van der Waals surface area (Å²) >= 11 is 3.31. The molecule has 0 saturated heterocycles. The van der Waals surface area contributed by atoms with Crippen molar-refractivity contribution in [1.82, 2.24) is 5.32 Å². The molecule has 0 bridgehead atoms. The number of halogens is 1. The van der Waals surface area contributed by atoms with Gasteiger partial charge < -0.3 is 20.5 Å². The Bertz CT molecular complexity index is 508. The summed E-state index contributed by atoms with van der Waals surface area (Å²) in [5.74, 6) is -0.959. The topological polar surface area (TPSA) is 87.7 Å². The average molecular weight is 359 g/mol.